The minimum absolute atomic E-state index is 0.790. The predicted octanol–water partition coefficient (Wildman–Crippen LogP) is 4.08. The normalized spacial score (nSPS) is 30.6. The molecule has 2 heteroatoms. The Bertz CT molecular complexity index is 172. The zero-order chi connectivity index (χ0) is 11.8. The molecule has 0 aromatic heterocycles. The highest BCUT2D eigenvalue weighted by atomic mass is 32.2. The molecule has 3 unspecified atom stereocenters. The van der Waals surface area contributed by atoms with Crippen molar-refractivity contribution < 1.29 is 0 Å². The molecule has 1 nitrogen and oxygen atoms in total. The Morgan fingerprint density at radius 2 is 1.94 bits per heavy atom. The quantitative estimate of drug-likeness (QED) is 0.723. The van der Waals surface area contributed by atoms with E-state index in [1.54, 1.807) is 0 Å². The first kappa shape index (κ1) is 14.4. The summed E-state index contributed by atoms with van der Waals surface area (Å²) in [5, 5.41) is 4.62. The molecule has 96 valence electrons. The summed E-state index contributed by atoms with van der Waals surface area (Å²) in [6.07, 6.45) is 8.38. The molecule has 1 saturated carbocycles. The third-order valence-electron chi connectivity index (χ3n) is 3.63. The fraction of sp³-hybridized carbons (Fsp3) is 1.00. The van der Waals surface area contributed by atoms with Crippen LogP contribution in [0, 0.1) is 5.92 Å². The Morgan fingerprint density at radius 3 is 2.56 bits per heavy atom. The second kappa shape index (κ2) is 8.41. The van der Waals surface area contributed by atoms with E-state index in [4.69, 9.17) is 0 Å². The molecule has 3 atom stereocenters. The van der Waals surface area contributed by atoms with Crippen LogP contribution < -0.4 is 5.32 Å². The van der Waals surface area contributed by atoms with Crippen molar-refractivity contribution in [2.24, 2.45) is 5.92 Å². The molecular weight excluding hydrogens is 214 g/mol. The van der Waals surface area contributed by atoms with Crippen LogP contribution in [0.2, 0.25) is 0 Å². The molecule has 0 saturated heterocycles. The lowest BCUT2D eigenvalue weighted by Gasteiger charge is -2.36. The van der Waals surface area contributed by atoms with Gasteiger partial charge < -0.3 is 5.32 Å². The highest BCUT2D eigenvalue weighted by Crippen LogP contribution is 2.34. The molecule has 0 amide bonds. The maximum absolute atomic E-state index is 3.75. The van der Waals surface area contributed by atoms with Crippen molar-refractivity contribution in [3.63, 3.8) is 0 Å². The second-order valence-corrected chi connectivity index (χ2v) is 6.54. The van der Waals surface area contributed by atoms with E-state index in [9.17, 15) is 0 Å². The van der Waals surface area contributed by atoms with Crippen molar-refractivity contribution >= 4 is 11.8 Å². The molecule has 1 N–H and O–H groups in total. The Labute approximate surface area is 106 Å². The van der Waals surface area contributed by atoms with E-state index < -0.39 is 0 Å². The van der Waals surface area contributed by atoms with Crippen molar-refractivity contribution in [1.82, 2.24) is 5.32 Å². The number of thioether (sulfide) groups is 1. The van der Waals surface area contributed by atoms with Crippen LogP contribution in [0.1, 0.15) is 59.3 Å². The number of hydrogen-bond acceptors (Lipinski definition) is 2. The van der Waals surface area contributed by atoms with Crippen LogP contribution in [-0.4, -0.2) is 23.6 Å². The smallest absolute Gasteiger partial charge is 0.0203 e. The maximum atomic E-state index is 3.75. The van der Waals surface area contributed by atoms with Gasteiger partial charge >= 0.3 is 0 Å². The molecular formula is C14H29NS. The summed E-state index contributed by atoms with van der Waals surface area (Å²) >= 11 is 2.18. The molecule has 0 aromatic carbocycles. The molecule has 0 aliphatic heterocycles. The van der Waals surface area contributed by atoms with Crippen LogP contribution in [-0.2, 0) is 0 Å². The third kappa shape index (κ3) is 4.67. The van der Waals surface area contributed by atoms with Gasteiger partial charge in [-0.05, 0) is 43.9 Å². The average Bonchev–Trinajstić information content (AvgIpc) is 2.29. The topological polar surface area (TPSA) is 12.0 Å². The van der Waals surface area contributed by atoms with Crippen LogP contribution in [0.15, 0.2) is 0 Å². The lowest BCUT2D eigenvalue weighted by Crippen LogP contribution is -2.43. The first-order chi connectivity index (χ1) is 7.81. The summed E-state index contributed by atoms with van der Waals surface area (Å²) < 4.78 is 0. The van der Waals surface area contributed by atoms with Gasteiger partial charge in [-0.1, -0.05) is 33.6 Å². The zero-order valence-electron chi connectivity index (χ0n) is 11.3. The summed E-state index contributed by atoms with van der Waals surface area (Å²) in [5.74, 6) is 2.28. The number of rotatable bonds is 7. The van der Waals surface area contributed by atoms with Gasteiger partial charge in [0.2, 0.25) is 0 Å². The molecule has 16 heavy (non-hydrogen) atoms. The molecule has 0 spiro atoms. The molecule has 0 aromatic rings. The third-order valence-corrected chi connectivity index (χ3v) is 4.92. The molecule has 0 radical (unpaired) electrons. The monoisotopic (exact) mass is 243 g/mol. The lowest BCUT2D eigenvalue weighted by molar-refractivity contribution is 0.287. The summed E-state index contributed by atoms with van der Waals surface area (Å²) in [6.45, 7) is 8.08. The Morgan fingerprint density at radius 1 is 1.12 bits per heavy atom. The fourth-order valence-electron chi connectivity index (χ4n) is 2.84. The SMILES string of the molecule is CCCNC1CCC(CCC)CC1SCC. The molecule has 0 heterocycles. The summed E-state index contributed by atoms with van der Waals surface area (Å²) in [6, 6.07) is 0.790. The van der Waals surface area contributed by atoms with E-state index in [-0.39, 0.29) is 0 Å². The lowest BCUT2D eigenvalue weighted by atomic mass is 9.83. The Balaban J connectivity index is 2.39. The van der Waals surface area contributed by atoms with Crippen LogP contribution in [0.4, 0.5) is 0 Å². The summed E-state index contributed by atoms with van der Waals surface area (Å²) in [5.41, 5.74) is 0. The molecule has 0 bridgehead atoms. The van der Waals surface area contributed by atoms with Gasteiger partial charge in [-0.3, -0.25) is 0 Å². The van der Waals surface area contributed by atoms with Crippen LogP contribution in [0.3, 0.4) is 0 Å². The minimum Gasteiger partial charge on any atom is -0.313 e. The van der Waals surface area contributed by atoms with E-state index in [0.29, 0.717) is 0 Å². The van der Waals surface area contributed by atoms with E-state index in [0.717, 1.165) is 17.2 Å². The first-order valence-electron chi connectivity index (χ1n) is 7.16. The van der Waals surface area contributed by atoms with E-state index in [1.165, 1.54) is 50.8 Å². The first-order valence-corrected chi connectivity index (χ1v) is 8.21. The predicted molar refractivity (Wildman–Crippen MR) is 76.3 cm³/mol. The van der Waals surface area contributed by atoms with Gasteiger partial charge in [-0.2, -0.15) is 11.8 Å². The van der Waals surface area contributed by atoms with Crippen LogP contribution >= 0.6 is 11.8 Å². The van der Waals surface area contributed by atoms with E-state index in [2.05, 4.69) is 37.8 Å². The second-order valence-electron chi connectivity index (χ2n) is 5.02. The van der Waals surface area contributed by atoms with Gasteiger partial charge in [0.25, 0.3) is 0 Å². The van der Waals surface area contributed by atoms with Gasteiger partial charge in [0.05, 0.1) is 0 Å². The van der Waals surface area contributed by atoms with Gasteiger partial charge in [-0.25, -0.2) is 0 Å². The van der Waals surface area contributed by atoms with Crippen molar-refractivity contribution in [3.8, 4) is 0 Å². The van der Waals surface area contributed by atoms with Crippen molar-refractivity contribution in [2.45, 2.75) is 70.6 Å². The van der Waals surface area contributed by atoms with Crippen molar-refractivity contribution in [1.29, 1.82) is 0 Å². The molecule has 1 fully saturated rings. The van der Waals surface area contributed by atoms with Crippen molar-refractivity contribution in [2.75, 3.05) is 12.3 Å². The standard InChI is InChI=1S/C14H29NS/c1-4-7-12-8-9-13(15-10-5-2)14(11-12)16-6-3/h12-15H,4-11H2,1-3H3. The summed E-state index contributed by atoms with van der Waals surface area (Å²) in [7, 11) is 0. The van der Waals surface area contributed by atoms with Gasteiger partial charge in [0, 0.05) is 11.3 Å². The minimum atomic E-state index is 0.790. The average molecular weight is 243 g/mol. The highest BCUT2D eigenvalue weighted by Gasteiger charge is 2.29. The zero-order valence-corrected chi connectivity index (χ0v) is 12.1. The molecule has 1 aliphatic rings. The number of hydrogen-bond donors (Lipinski definition) is 1. The Hall–Kier alpha value is 0.310. The highest BCUT2D eigenvalue weighted by molar-refractivity contribution is 7.99. The van der Waals surface area contributed by atoms with Gasteiger partial charge in [0.15, 0.2) is 0 Å². The van der Waals surface area contributed by atoms with E-state index in [1.807, 2.05) is 0 Å². The molecule has 1 aliphatic carbocycles. The van der Waals surface area contributed by atoms with Gasteiger partial charge in [-0.15, -0.1) is 0 Å². The van der Waals surface area contributed by atoms with E-state index >= 15 is 0 Å². The largest absolute Gasteiger partial charge is 0.313 e. The maximum Gasteiger partial charge on any atom is 0.0203 e. The van der Waals surface area contributed by atoms with Gasteiger partial charge in [0.1, 0.15) is 0 Å². The fourth-order valence-corrected chi connectivity index (χ4v) is 4.14. The molecule has 1 rings (SSSR count). The Kier molecular flexibility index (Phi) is 7.55. The van der Waals surface area contributed by atoms with Crippen LogP contribution in [0.25, 0.3) is 0 Å². The summed E-state index contributed by atoms with van der Waals surface area (Å²) in [4.78, 5) is 0. The number of nitrogens with one attached hydrogen (secondary N) is 1. The van der Waals surface area contributed by atoms with Crippen LogP contribution in [0.5, 0.6) is 0 Å². The van der Waals surface area contributed by atoms with Crippen molar-refractivity contribution in [3.05, 3.63) is 0 Å².